The molecule has 0 bridgehead atoms. The number of hydrogen-bond donors (Lipinski definition) is 2. The number of carbonyl (C=O) groups excluding carboxylic acids is 1. The van der Waals surface area contributed by atoms with Crippen molar-refractivity contribution < 1.29 is 4.79 Å². The van der Waals surface area contributed by atoms with Crippen molar-refractivity contribution in [3.63, 3.8) is 0 Å². The molecule has 88 valence electrons. The zero-order valence-electron chi connectivity index (χ0n) is 10.4. The average molecular weight is 220 g/mol. The van der Waals surface area contributed by atoms with Crippen LogP contribution in [-0.2, 0) is 11.3 Å². The summed E-state index contributed by atoms with van der Waals surface area (Å²) in [7, 11) is 0. The van der Waals surface area contributed by atoms with E-state index in [-0.39, 0.29) is 5.91 Å². The van der Waals surface area contributed by atoms with Crippen molar-refractivity contribution in [1.29, 1.82) is 0 Å². The van der Waals surface area contributed by atoms with Crippen LogP contribution in [0.15, 0.2) is 18.2 Å². The first-order chi connectivity index (χ1) is 7.34. The van der Waals surface area contributed by atoms with E-state index >= 15 is 0 Å². The summed E-state index contributed by atoms with van der Waals surface area (Å²) in [6, 6.07) is 6.18. The van der Waals surface area contributed by atoms with Gasteiger partial charge in [-0.1, -0.05) is 18.2 Å². The predicted octanol–water partition coefficient (Wildman–Crippen LogP) is 1.66. The summed E-state index contributed by atoms with van der Waals surface area (Å²) in [4.78, 5) is 11.2. The molecule has 1 aromatic carbocycles. The van der Waals surface area contributed by atoms with Crippen LogP contribution in [0, 0.1) is 13.8 Å². The fourth-order valence-electron chi connectivity index (χ4n) is 1.52. The van der Waals surface area contributed by atoms with Crippen LogP contribution in [0.25, 0.3) is 0 Å². The number of primary amides is 1. The van der Waals surface area contributed by atoms with Crippen LogP contribution < -0.4 is 11.1 Å². The third-order valence-electron chi connectivity index (χ3n) is 2.97. The Kier molecular flexibility index (Phi) is 3.70. The van der Waals surface area contributed by atoms with Crippen molar-refractivity contribution in [1.82, 2.24) is 5.32 Å². The molecule has 0 atom stereocenters. The first-order valence-electron chi connectivity index (χ1n) is 5.44. The van der Waals surface area contributed by atoms with Gasteiger partial charge in [-0.15, -0.1) is 0 Å². The van der Waals surface area contributed by atoms with Crippen molar-refractivity contribution in [3.05, 3.63) is 34.9 Å². The van der Waals surface area contributed by atoms with Crippen LogP contribution in [0.1, 0.15) is 30.5 Å². The van der Waals surface area contributed by atoms with E-state index in [1.807, 2.05) is 6.07 Å². The maximum atomic E-state index is 11.2. The molecule has 0 unspecified atom stereocenters. The third kappa shape index (κ3) is 2.83. The molecule has 0 aliphatic rings. The second-order valence-corrected chi connectivity index (χ2v) is 4.71. The molecule has 0 spiro atoms. The first-order valence-corrected chi connectivity index (χ1v) is 5.44. The van der Waals surface area contributed by atoms with Gasteiger partial charge in [-0.05, 0) is 44.4 Å². The number of nitrogens with two attached hydrogens (primary N) is 1. The Labute approximate surface area is 97.0 Å². The Morgan fingerprint density at radius 3 is 2.25 bits per heavy atom. The highest BCUT2D eigenvalue weighted by molar-refractivity contribution is 5.83. The number of rotatable bonds is 4. The van der Waals surface area contributed by atoms with Gasteiger partial charge in [0.1, 0.15) is 0 Å². The molecule has 0 radical (unpaired) electrons. The van der Waals surface area contributed by atoms with Crippen LogP contribution in [0.4, 0.5) is 0 Å². The van der Waals surface area contributed by atoms with Gasteiger partial charge in [0, 0.05) is 6.54 Å². The summed E-state index contributed by atoms with van der Waals surface area (Å²) >= 11 is 0. The van der Waals surface area contributed by atoms with Gasteiger partial charge in [-0.2, -0.15) is 0 Å². The van der Waals surface area contributed by atoms with Crippen LogP contribution in [-0.4, -0.2) is 11.4 Å². The predicted molar refractivity (Wildman–Crippen MR) is 66.0 cm³/mol. The SMILES string of the molecule is Cc1cccc(C)c1CNC(C)(C)C(N)=O. The second-order valence-electron chi connectivity index (χ2n) is 4.71. The monoisotopic (exact) mass is 220 g/mol. The lowest BCUT2D eigenvalue weighted by molar-refractivity contribution is -0.123. The molecule has 0 aliphatic carbocycles. The molecule has 1 amide bonds. The van der Waals surface area contributed by atoms with Gasteiger partial charge in [-0.3, -0.25) is 10.1 Å². The Morgan fingerprint density at radius 2 is 1.81 bits per heavy atom. The van der Waals surface area contributed by atoms with E-state index in [1.165, 1.54) is 16.7 Å². The van der Waals surface area contributed by atoms with Crippen LogP contribution in [0.2, 0.25) is 0 Å². The minimum absolute atomic E-state index is 0.335. The highest BCUT2D eigenvalue weighted by Gasteiger charge is 2.23. The minimum atomic E-state index is -0.672. The molecule has 3 nitrogen and oxygen atoms in total. The molecule has 0 aliphatic heterocycles. The highest BCUT2D eigenvalue weighted by Crippen LogP contribution is 2.14. The molecule has 1 aromatic rings. The quantitative estimate of drug-likeness (QED) is 0.810. The zero-order valence-corrected chi connectivity index (χ0v) is 10.4. The van der Waals surface area contributed by atoms with Gasteiger partial charge >= 0.3 is 0 Å². The lowest BCUT2D eigenvalue weighted by atomic mass is 10.00. The smallest absolute Gasteiger partial charge is 0.237 e. The van der Waals surface area contributed by atoms with E-state index in [1.54, 1.807) is 13.8 Å². The molecular formula is C13H20N2O. The second kappa shape index (κ2) is 4.66. The number of benzene rings is 1. The van der Waals surface area contributed by atoms with E-state index in [0.717, 1.165) is 0 Å². The van der Waals surface area contributed by atoms with E-state index in [2.05, 4.69) is 31.3 Å². The standard InChI is InChI=1S/C13H20N2O/c1-9-6-5-7-10(2)11(9)8-15-13(3,4)12(14)16/h5-7,15H,8H2,1-4H3,(H2,14,16). The van der Waals surface area contributed by atoms with Gasteiger partial charge in [0.15, 0.2) is 0 Å². The van der Waals surface area contributed by atoms with Gasteiger partial charge in [0.25, 0.3) is 0 Å². The molecule has 3 heteroatoms. The number of nitrogens with one attached hydrogen (secondary N) is 1. The van der Waals surface area contributed by atoms with E-state index < -0.39 is 5.54 Å². The molecule has 0 saturated carbocycles. The summed E-state index contributed by atoms with van der Waals surface area (Å²) in [5.41, 5.74) is 8.33. The Bertz CT molecular complexity index is 377. The molecule has 0 aromatic heterocycles. The maximum absolute atomic E-state index is 11.2. The Balaban J connectivity index is 2.79. The van der Waals surface area contributed by atoms with Gasteiger partial charge in [-0.25, -0.2) is 0 Å². The molecule has 16 heavy (non-hydrogen) atoms. The lowest BCUT2D eigenvalue weighted by Crippen LogP contribution is -2.50. The zero-order chi connectivity index (χ0) is 12.3. The maximum Gasteiger partial charge on any atom is 0.237 e. The van der Waals surface area contributed by atoms with Crippen molar-refractivity contribution in [2.75, 3.05) is 0 Å². The van der Waals surface area contributed by atoms with Gasteiger partial charge < -0.3 is 5.73 Å². The van der Waals surface area contributed by atoms with Crippen molar-refractivity contribution >= 4 is 5.91 Å². The summed E-state index contributed by atoms with van der Waals surface area (Å²) in [6.45, 7) is 8.39. The summed E-state index contributed by atoms with van der Waals surface area (Å²) < 4.78 is 0. The normalized spacial score (nSPS) is 11.5. The number of amides is 1. The molecule has 3 N–H and O–H groups in total. The highest BCUT2D eigenvalue weighted by atomic mass is 16.1. The summed E-state index contributed by atoms with van der Waals surface area (Å²) in [5.74, 6) is -0.335. The van der Waals surface area contributed by atoms with Gasteiger partial charge in [0.2, 0.25) is 5.91 Å². The van der Waals surface area contributed by atoms with E-state index in [9.17, 15) is 4.79 Å². The first kappa shape index (κ1) is 12.7. The average Bonchev–Trinajstić information content (AvgIpc) is 2.16. The molecular weight excluding hydrogens is 200 g/mol. The Hall–Kier alpha value is -1.35. The van der Waals surface area contributed by atoms with Crippen molar-refractivity contribution in [2.45, 2.75) is 39.8 Å². The van der Waals surface area contributed by atoms with Crippen molar-refractivity contribution in [3.8, 4) is 0 Å². The largest absolute Gasteiger partial charge is 0.368 e. The molecule has 0 fully saturated rings. The van der Waals surface area contributed by atoms with Crippen LogP contribution >= 0.6 is 0 Å². The van der Waals surface area contributed by atoms with Crippen LogP contribution in [0.5, 0.6) is 0 Å². The fourth-order valence-corrected chi connectivity index (χ4v) is 1.52. The minimum Gasteiger partial charge on any atom is -0.368 e. The van der Waals surface area contributed by atoms with Crippen LogP contribution in [0.3, 0.4) is 0 Å². The molecule has 0 saturated heterocycles. The summed E-state index contributed by atoms with van der Waals surface area (Å²) in [6.07, 6.45) is 0. The topological polar surface area (TPSA) is 55.1 Å². The molecule has 1 rings (SSSR count). The number of hydrogen-bond acceptors (Lipinski definition) is 2. The Morgan fingerprint density at radius 1 is 1.31 bits per heavy atom. The number of aryl methyl sites for hydroxylation is 2. The third-order valence-corrected chi connectivity index (χ3v) is 2.97. The van der Waals surface area contributed by atoms with E-state index in [4.69, 9.17) is 5.73 Å². The summed E-state index contributed by atoms with van der Waals surface area (Å²) in [5, 5.41) is 3.18. The fraction of sp³-hybridized carbons (Fsp3) is 0.462. The number of carbonyl (C=O) groups is 1. The van der Waals surface area contributed by atoms with E-state index in [0.29, 0.717) is 6.54 Å². The van der Waals surface area contributed by atoms with Gasteiger partial charge in [0.05, 0.1) is 5.54 Å². The van der Waals surface area contributed by atoms with Crippen molar-refractivity contribution in [2.24, 2.45) is 5.73 Å². The molecule has 0 heterocycles. The lowest BCUT2D eigenvalue weighted by Gasteiger charge is -2.23.